The van der Waals surface area contributed by atoms with Crippen molar-refractivity contribution in [3.8, 4) is 0 Å². The Morgan fingerprint density at radius 3 is 2.58 bits per heavy atom. The predicted octanol–water partition coefficient (Wildman–Crippen LogP) is 3.64. The van der Waals surface area contributed by atoms with Crippen molar-refractivity contribution in [1.29, 1.82) is 0 Å². The third-order valence-corrected chi connectivity index (χ3v) is 8.38. The molecular weight excluding hydrogens is 532 g/mol. The molecule has 6 heterocycles. The van der Waals surface area contributed by atoms with Crippen molar-refractivity contribution in [2.75, 3.05) is 6.61 Å². The number of hydrogen-bond acceptors (Lipinski definition) is 8. The van der Waals surface area contributed by atoms with Gasteiger partial charge in [0.15, 0.2) is 5.79 Å². The topological polar surface area (TPSA) is 92.7 Å². The Bertz CT molecular complexity index is 974. The first-order valence-corrected chi connectivity index (χ1v) is 13.8. The van der Waals surface area contributed by atoms with E-state index >= 15 is 0 Å². The lowest BCUT2D eigenvalue weighted by Gasteiger charge is -2.47. The van der Waals surface area contributed by atoms with E-state index in [1.807, 2.05) is 18.2 Å². The highest BCUT2D eigenvalue weighted by molar-refractivity contribution is 9.11. The van der Waals surface area contributed by atoms with Crippen LogP contribution in [0.3, 0.4) is 0 Å². The summed E-state index contributed by atoms with van der Waals surface area (Å²) in [5.74, 6) is -1.21. The van der Waals surface area contributed by atoms with Gasteiger partial charge in [0, 0.05) is 25.9 Å². The minimum absolute atomic E-state index is 0.0148. The molecule has 0 spiro atoms. The predicted molar refractivity (Wildman–Crippen MR) is 132 cm³/mol. The van der Waals surface area contributed by atoms with Crippen molar-refractivity contribution >= 4 is 21.9 Å². The van der Waals surface area contributed by atoms with E-state index in [2.05, 4.69) is 22.5 Å². The van der Waals surface area contributed by atoms with Crippen molar-refractivity contribution in [3.63, 3.8) is 0 Å². The number of benzene rings is 1. The van der Waals surface area contributed by atoms with Gasteiger partial charge in [0.1, 0.15) is 36.6 Å². The highest BCUT2D eigenvalue weighted by Gasteiger charge is 2.68. The van der Waals surface area contributed by atoms with Gasteiger partial charge in [-0.25, -0.2) is 4.79 Å². The minimum atomic E-state index is -0.847. The average Bonchev–Trinajstić information content (AvgIpc) is 3.28. The van der Waals surface area contributed by atoms with Gasteiger partial charge in [-0.05, 0) is 42.3 Å². The molecule has 0 amide bonds. The monoisotopic (exact) mass is 564 g/mol. The summed E-state index contributed by atoms with van der Waals surface area (Å²) >= 11 is 3.43. The van der Waals surface area contributed by atoms with Crippen LogP contribution in [0.2, 0.25) is 0 Å². The third-order valence-electron chi connectivity index (χ3n) is 8.06. The van der Waals surface area contributed by atoms with E-state index in [1.54, 1.807) is 12.1 Å². The van der Waals surface area contributed by atoms with Crippen LogP contribution in [-0.4, -0.2) is 78.4 Å². The second kappa shape index (κ2) is 10.1. The number of fused-ring (bicyclic) bond motifs is 1. The maximum atomic E-state index is 12.7. The molecule has 1 aromatic carbocycles. The van der Waals surface area contributed by atoms with E-state index < -0.39 is 5.79 Å². The van der Waals surface area contributed by atoms with E-state index in [4.69, 9.17) is 28.4 Å². The van der Waals surface area contributed by atoms with Crippen molar-refractivity contribution < 1.29 is 38.3 Å². The first-order valence-electron chi connectivity index (χ1n) is 13.0. The van der Waals surface area contributed by atoms with Crippen LogP contribution < -0.4 is 0 Å². The molecule has 8 nitrogen and oxygen atoms in total. The van der Waals surface area contributed by atoms with E-state index in [0.717, 1.165) is 17.3 Å². The maximum absolute atomic E-state index is 12.7. The van der Waals surface area contributed by atoms with Crippen LogP contribution >= 0.6 is 15.9 Å². The lowest BCUT2D eigenvalue weighted by molar-refractivity contribution is -0.293. The van der Waals surface area contributed by atoms with Gasteiger partial charge < -0.3 is 33.5 Å². The largest absolute Gasteiger partial charge is 0.458 e. The molecule has 1 aromatic rings. The second-order valence-corrected chi connectivity index (χ2v) is 11.6. The van der Waals surface area contributed by atoms with Gasteiger partial charge in [0.25, 0.3) is 0 Å². The van der Waals surface area contributed by atoms with Crippen molar-refractivity contribution in [2.24, 2.45) is 0 Å². The third kappa shape index (κ3) is 4.68. The quantitative estimate of drug-likeness (QED) is 0.454. The SMILES string of the molecule is C=C(Br)C[C@@H](CC[C@@]12C[C@H]3O[C@H]4C(O1)[C@H]1O[C@@H](CCO)CC[C@@H]1O[C@H]4[C@H]3O2)OC(=O)c1ccccc1. The summed E-state index contributed by atoms with van der Waals surface area (Å²) in [6.45, 7) is 4.05. The Hall–Kier alpha value is -1.33. The van der Waals surface area contributed by atoms with Gasteiger partial charge in [-0.3, -0.25) is 0 Å². The summed E-state index contributed by atoms with van der Waals surface area (Å²) in [5, 5.41) is 9.42. The molecule has 10 atom stereocenters. The van der Waals surface area contributed by atoms with Gasteiger partial charge in [-0.2, -0.15) is 0 Å². The Labute approximate surface area is 219 Å². The number of halogens is 1. The molecule has 6 aliphatic heterocycles. The summed E-state index contributed by atoms with van der Waals surface area (Å²) in [5.41, 5.74) is 0.516. The Balaban J connectivity index is 1.18. The number of hydrogen-bond donors (Lipinski definition) is 1. The number of carbonyl (C=O) groups excluding carboxylic acids is 1. The van der Waals surface area contributed by atoms with Crippen LogP contribution in [0.5, 0.6) is 0 Å². The molecule has 7 rings (SSSR count). The molecule has 0 saturated carbocycles. The number of carbonyl (C=O) groups is 1. The van der Waals surface area contributed by atoms with Crippen molar-refractivity contribution in [3.05, 3.63) is 47.0 Å². The molecule has 0 aromatic heterocycles. The van der Waals surface area contributed by atoms with Crippen LogP contribution in [0, 0.1) is 0 Å². The lowest BCUT2D eigenvalue weighted by atomic mass is 9.87. The van der Waals surface area contributed by atoms with Gasteiger partial charge >= 0.3 is 5.97 Å². The molecule has 0 aliphatic carbocycles. The summed E-state index contributed by atoms with van der Waals surface area (Å²) in [4.78, 5) is 12.7. The van der Waals surface area contributed by atoms with Crippen molar-refractivity contribution in [2.45, 2.75) is 106 Å². The zero-order valence-electron chi connectivity index (χ0n) is 20.1. The Morgan fingerprint density at radius 1 is 1.06 bits per heavy atom. The average molecular weight is 565 g/mol. The first kappa shape index (κ1) is 25.0. The Kier molecular flexibility index (Phi) is 7.00. The normalized spacial score (nSPS) is 40.9. The van der Waals surface area contributed by atoms with Gasteiger partial charge in [0.05, 0.1) is 23.9 Å². The summed E-state index contributed by atoms with van der Waals surface area (Å²) in [6.07, 6.45) is 2.84. The van der Waals surface area contributed by atoms with E-state index in [1.165, 1.54) is 0 Å². The Morgan fingerprint density at radius 2 is 1.81 bits per heavy atom. The molecule has 9 heteroatoms. The highest BCUT2D eigenvalue weighted by Crippen LogP contribution is 2.54. The number of aliphatic hydroxyl groups is 1. The fourth-order valence-corrected chi connectivity index (χ4v) is 6.82. The zero-order valence-corrected chi connectivity index (χ0v) is 21.7. The van der Waals surface area contributed by atoms with E-state index in [0.29, 0.717) is 37.7 Å². The maximum Gasteiger partial charge on any atom is 0.338 e. The van der Waals surface area contributed by atoms with Gasteiger partial charge in [-0.1, -0.05) is 40.7 Å². The van der Waals surface area contributed by atoms with Crippen molar-refractivity contribution in [1.82, 2.24) is 0 Å². The fraction of sp³-hybridized carbons (Fsp3) is 0.667. The van der Waals surface area contributed by atoms with Crippen LogP contribution in [0.4, 0.5) is 0 Å². The highest BCUT2D eigenvalue weighted by atomic mass is 79.9. The smallest absolute Gasteiger partial charge is 0.338 e. The van der Waals surface area contributed by atoms with Crippen LogP contribution in [0.25, 0.3) is 0 Å². The standard InChI is InChI=1S/C27H33BrO8/c1-15(28)13-18(32-26(30)16-5-3-2-4-6-16)9-11-27-14-20-22(35-27)23-24(34-20)25(36-27)21-19(33-23)8-7-17(31-21)10-12-29/h2-6,17-25,29H,1,7-14H2/t17-,18-,19+,20-,21+,22+,23+,24-,25?,27+/m1/s1. The molecule has 1 N–H and O–H groups in total. The van der Waals surface area contributed by atoms with Gasteiger partial charge in [0.2, 0.25) is 0 Å². The summed E-state index contributed by atoms with van der Waals surface area (Å²) in [6, 6.07) is 8.99. The van der Waals surface area contributed by atoms with Crippen LogP contribution in [0.1, 0.15) is 55.3 Å². The van der Waals surface area contributed by atoms with E-state index in [-0.39, 0.29) is 67.5 Å². The molecule has 6 saturated heterocycles. The molecular formula is C27H33BrO8. The van der Waals surface area contributed by atoms with E-state index in [9.17, 15) is 9.90 Å². The van der Waals surface area contributed by atoms with Gasteiger partial charge in [-0.15, -0.1) is 0 Å². The minimum Gasteiger partial charge on any atom is -0.458 e. The van der Waals surface area contributed by atoms with Crippen LogP contribution in [-0.2, 0) is 28.4 Å². The van der Waals surface area contributed by atoms with Crippen LogP contribution in [0.15, 0.2) is 41.4 Å². The molecule has 196 valence electrons. The molecule has 6 bridgehead atoms. The lowest BCUT2D eigenvalue weighted by Crippen LogP contribution is -2.61. The number of rotatable bonds is 9. The molecule has 6 aliphatic rings. The number of ether oxygens (including phenoxy) is 6. The molecule has 1 unspecified atom stereocenters. The number of aliphatic hydroxyl groups excluding tert-OH is 1. The first-order chi connectivity index (χ1) is 17.4. The molecule has 36 heavy (non-hydrogen) atoms. The zero-order chi connectivity index (χ0) is 24.9. The summed E-state index contributed by atoms with van der Waals surface area (Å²) in [7, 11) is 0. The molecule has 6 fully saturated rings. The number of esters is 1. The fourth-order valence-electron chi connectivity index (χ4n) is 6.46. The molecule has 0 radical (unpaired) electrons. The second-order valence-electron chi connectivity index (χ2n) is 10.5. The summed E-state index contributed by atoms with van der Waals surface area (Å²) < 4.78 is 39.2.